The molecule has 4 rings (SSSR count). The molecule has 0 heterocycles. The number of methoxy groups -OCH3 is 1. The fourth-order valence-corrected chi connectivity index (χ4v) is 10.8. The molecule has 4 fully saturated rings. The van der Waals surface area contributed by atoms with Gasteiger partial charge in [-0.05, 0) is 116 Å². The molecule has 4 aliphatic carbocycles. The third kappa shape index (κ3) is 3.29. The summed E-state index contributed by atoms with van der Waals surface area (Å²) >= 11 is 0. The summed E-state index contributed by atoms with van der Waals surface area (Å²) in [6, 6.07) is 2.46. The van der Waals surface area contributed by atoms with Crippen molar-refractivity contribution in [1.82, 2.24) is 0 Å². The molecule has 3 heteroatoms. The van der Waals surface area contributed by atoms with Crippen molar-refractivity contribution in [3.05, 3.63) is 12.2 Å². The Bertz CT molecular complexity index is 871. The molecule has 190 valence electrons. The van der Waals surface area contributed by atoms with Gasteiger partial charge in [0.15, 0.2) is 0 Å². The van der Waals surface area contributed by atoms with Gasteiger partial charge in [0.25, 0.3) is 0 Å². The molecule has 0 saturated heterocycles. The van der Waals surface area contributed by atoms with E-state index in [1.807, 2.05) is 0 Å². The summed E-state index contributed by atoms with van der Waals surface area (Å²) in [4.78, 5) is 13.4. The van der Waals surface area contributed by atoms with Gasteiger partial charge in [0.05, 0.1) is 18.6 Å². The van der Waals surface area contributed by atoms with Crippen molar-refractivity contribution in [2.75, 3.05) is 7.11 Å². The van der Waals surface area contributed by atoms with Crippen LogP contribution in [0, 0.1) is 68.5 Å². The molecule has 4 aliphatic rings. The van der Waals surface area contributed by atoms with Crippen molar-refractivity contribution in [2.45, 2.75) is 106 Å². The molecule has 3 nitrogen and oxygen atoms in total. The van der Waals surface area contributed by atoms with Crippen molar-refractivity contribution in [1.29, 1.82) is 5.26 Å². The number of carbonyl (C=O) groups excluding carboxylic acids is 1. The van der Waals surface area contributed by atoms with E-state index in [-0.39, 0.29) is 27.6 Å². The Morgan fingerprint density at radius 2 is 1.76 bits per heavy atom. The molecule has 0 aromatic rings. The van der Waals surface area contributed by atoms with Crippen molar-refractivity contribution in [3.8, 4) is 6.07 Å². The molecule has 0 aromatic heterocycles. The number of nitrogens with zero attached hydrogens (tertiary/aromatic N) is 1. The molecule has 0 radical (unpaired) electrons. The summed E-state index contributed by atoms with van der Waals surface area (Å²) in [5, 5.41) is 9.51. The average molecular weight is 468 g/mol. The fourth-order valence-electron chi connectivity index (χ4n) is 10.8. The van der Waals surface area contributed by atoms with Crippen LogP contribution in [0.3, 0.4) is 0 Å². The van der Waals surface area contributed by atoms with Crippen LogP contribution in [0.15, 0.2) is 12.2 Å². The van der Waals surface area contributed by atoms with Crippen molar-refractivity contribution in [2.24, 2.45) is 57.2 Å². The van der Waals surface area contributed by atoms with Crippen LogP contribution in [0.1, 0.15) is 106 Å². The van der Waals surface area contributed by atoms with Crippen LogP contribution in [0.4, 0.5) is 0 Å². The first-order valence-corrected chi connectivity index (χ1v) is 14.0. The van der Waals surface area contributed by atoms with Gasteiger partial charge in [-0.2, -0.15) is 5.26 Å². The SMILES string of the molecule is C=C(C)[C@H]1CC[C@@]2(C)[C@@H](CC[C@H]3[C@H]4[C@H](C(C)C)CC[C@]4(C(=O)OC)CC[C@]32C)[C@]1(C)CCC#N. The number of hydrogen-bond acceptors (Lipinski definition) is 3. The minimum absolute atomic E-state index is 0.0693. The number of hydrogen-bond donors (Lipinski definition) is 0. The summed E-state index contributed by atoms with van der Waals surface area (Å²) in [6.45, 7) is 19.1. The van der Waals surface area contributed by atoms with Crippen LogP contribution < -0.4 is 0 Å². The summed E-state index contributed by atoms with van der Waals surface area (Å²) in [5.74, 6) is 3.42. The van der Waals surface area contributed by atoms with Crippen LogP contribution in [-0.2, 0) is 9.53 Å². The second kappa shape index (κ2) is 8.67. The highest BCUT2D eigenvalue weighted by atomic mass is 16.5. The van der Waals surface area contributed by atoms with Crippen molar-refractivity contribution >= 4 is 5.97 Å². The first kappa shape index (κ1) is 25.8. The molecular weight excluding hydrogens is 418 g/mol. The number of carbonyl (C=O) groups is 1. The zero-order valence-corrected chi connectivity index (χ0v) is 23.0. The van der Waals surface area contributed by atoms with Gasteiger partial charge in [0, 0.05) is 6.42 Å². The molecular formula is C31H49NO2. The summed E-state index contributed by atoms with van der Waals surface area (Å²) < 4.78 is 5.51. The lowest BCUT2D eigenvalue weighted by Gasteiger charge is -2.70. The number of rotatable bonds is 5. The van der Waals surface area contributed by atoms with Crippen LogP contribution in [0.5, 0.6) is 0 Å². The van der Waals surface area contributed by atoms with Gasteiger partial charge in [0.1, 0.15) is 0 Å². The average Bonchev–Trinajstić information content (AvgIpc) is 3.19. The number of esters is 1. The lowest BCUT2D eigenvalue weighted by molar-refractivity contribution is -0.222. The second-order valence-corrected chi connectivity index (χ2v) is 13.8. The molecule has 0 unspecified atom stereocenters. The van der Waals surface area contributed by atoms with Gasteiger partial charge in [-0.3, -0.25) is 4.79 Å². The molecule has 0 aliphatic heterocycles. The molecule has 0 bridgehead atoms. The highest BCUT2D eigenvalue weighted by Gasteiger charge is 2.70. The lowest BCUT2D eigenvalue weighted by atomic mass is 9.34. The van der Waals surface area contributed by atoms with E-state index in [0.29, 0.717) is 41.9 Å². The molecule has 0 spiro atoms. The molecule has 0 N–H and O–H groups in total. The number of allylic oxidation sites excluding steroid dienone is 1. The molecule has 34 heavy (non-hydrogen) atoms. The first-order chi connectivity index (χ1) is 15.9. The predicted molar refractivity (Wildman–Crippen MR) is 138 cm³/mol. The Morgan fingerprint density at radius 1 is 1.06 bits per heavy atom. The van der Waals surface area contributed by atoms with Gasteiger partial charge in [-0.1, -0.05) is 46.8 Å². The predicted octanol–water partition coefficient (Wildman–Crippen LogP) is 7.96. The topological polar surface area (TPSA) is 50.1 Å². The second-order valence-electron chi connectivity index (χ2n) is 13.8. The van der Waals surface area contributed by atoms with E-state index in [1.54, 1.807) is 7.11 Å². The Balaban J connectivity index is 1.78. The Hall–Kier alpha value is -1.30. The van der Waals surface area contributed by atoms with Gasteiger partial charge in [0.2, 0.25) is 0 Å². The third-order valence-corrected chi connectivity index (χ3v) is 12.6. The maximum atomic E-state index is 13.4. The van der Waals surface area contributed by atoms with Crippen LogP contribution in [0.25, 0.3) is 0 Å². The van der Waals surface area contributed by atoms with E-state index < -0.39 is 0 Å². The van der Waals surface area contributed by atoms with Crippen molar-refractivity contribution < 1.29 is 9.53 Å². The van der Waals surface area contributed by atoms with Gasteiger partial charge >= 0.3 is 5.97 Å². The van der Waals surface area contributed by atoms with E-state index in [4.69, 9.17) is 4.74 Å². The van der Waals surface area contributed by atoms with Gasteiger partial charge < -0.3 is 4.74 Å². The maximum Gasteiger partial charge on any atom is 0.312 e. The maximum absolute atomic E-state index is 13.4. The van der Waals surface area contributed by atoms with Gasteiger partial charge in [-0.15, -0.1) is 0 Å². The zero-order valence-electron chi connectivity index (χ0n) is 23.0. The Kier molecular flexibility index (Phi) is 6.58. The standard InChI is InChI=1S/C31H49NO2/c1-20(2)22-12-16-31(27(33)34-8)18-17-29(6)24(26(22)31)10-11-25-28(5,14-9-19-32)23(21(3)4)13-15-30(25,29)7/h20,22-26H,3,9-18H2,1-2,4-8H3/t22-,23+,24-,25-,26+,28+,29+,30-,31-/m0/s1. The normalized spacial score (nSPS) is 47.8. The van der Waals surface area contributed by atoms with E-state index in [2.05, 4.69) is 54.2 Å². The summed E-state index contributed by atoms with van der Waals surface area (Å²) in [6.07, 6.45) is 10.8. The van der Waals surface area contributed by atoms with Gasteiger partial charge in [-0.25, -0.2) is 0 Å². The molecule has 0 amide bonds. The lowest BCUT2D eigenvalue weighted by Crippen LogP contribution is -2.64. The zero-order chi connectivity index (χ0) is 25.1. The minimum atomic E-state index is -0.268. The minimum Gasteiger partial charge on any atom is -0.469 e. The molecule has 0 aromatic carbocycles. The molecule has 9 atom stereocenters. The highest BCUT2D eigenvalue weighted by Crippen LogP contribution is 2.76. The van der Waals surface area contributed by atoms with Crippen LogP contribution >= 0.6 is 0 Å². The smallest absolute Gasteiger partial charge is 0.312 e. The monoisotopic (exact) mass is 467 g/mol. The third-order valence-electron chi connectivity index (χ3n) is 12.6. The van der Waals surface area contributed by atoms with E-state index in [0.717, 1.165) is 25.7 Å². The Morgan fingerprint density at radius 3 is 2.35 bits per heavy atom. The number of nitriles is 1. The van der Waals surface area contributed by atoms with Crippen LogP contribution in [0.2, 0.25) is 0 Å². The number of fused-ring (bicyclic) bond motifs is 5. The largest absolute Gasteiger partial charge is 0.469 e. The summed E-state index contributed by atoms with van der Waals surface area (Å²) in [5.41, 5.74) is 1.63. The summed E-state index contributed by atoms with van der Waals surface area (Å²) in [7, 11) is 1.60. The van der Waals surface area contributed by atoms with Crippen LogP contribution in [-0.4, -0.2) is 13.1 Å². The number of ether oxygens (including phenoxy) is 1. The van der Waals surface area contributed by atoms with Crippen molar-refractivity contribution in [3.63, 3.8) is 0 Å². The van der Waals surface area contributed by atoms with E-state index in [1.165, 1.54) is 37.7 Å². The van der Waals surface area contributed by atoms with E-state index >= 15 is 0 Å². The first-order valence-electron chi connectivity index (χ1n) is 14.0. The Labute approximate surface area is 209 Å². The van der Waals surface area contributed by atoms with E-state index in [9.17, 15) is 10.1 Å². The molecule has 4 saturated carbocycles. The quantitative estimate of drug-likeness (QED) is 0.304. The highest BCUT2D eigenvalue weighted by molar-refractivity contribution is 5.78. The fraction of sp³-hybridized carbons (Fsp3) is 0.871.